The Hall–Kier alpha value is -1.58. The number of pyridine rings is 1. The molecule has 0 amide bonds. The lowest BCUT2D eigenvalue weighted by Gasteiger charge is -2.24. The SMILES string of the molecule is Cc1cc(N2CCCCCC2)c(C(=O)O)cn1. The molecule has 1 aromatic heterocycles. The van der Waals surface area contributed by atoms with E-state index in [0.717, 1.165) is 37.3 Å². The van der Waals surface area contributed by atoms with Crippen molar-refractivity contribution in [2.24, 2.45) is 0 Å². The maximum absolute atomic E-state index is 11.2. The van der Waals surface area contributed by atoms with E-state index in [1.54, 1.807) is 0 Å². The first kappa shape index (κ1) is 11.9. The minimum Gasteiger partial charge on any atom is -0.478 e. The van der Waals surface area contributed by atoms with E-state index in [4.69, 9.17) is 0 Å². The number of hydrogen-bond donors (Lipinski definition) is 1. The molecule has 1 aromatic rings. The zero-order valence-corrected chi connectivity index (χ0v) is 10.1. The van der Waals surface area contributed by atoms with Gasteiger partial charge in [-0.1, -0.05) is 12.8 Å². The van der Waals surface area contributed by atoms with Crippen LogP contribution < -0.4 is 4.90 Å². The van der Waals surface area contributed by atoms with Crippen LogP contribution in [-0.4, -0.2) is 29.1 Å². The van der Waals surface area contributed by atoms with Crippen LogP contribution in [0.3, 0.4) is 0 Å². The molecule has 2 heterocycles. The number of aromatic nitrogens is 1. The van der Waals surface area contributed by atoms with Gasteiger partial charge in [0.05, 0.1) is 5.69 Å². The van der Waals surface area contributed by atoms with Crippen molar-refractivity contribution in [2.75, 3.05) is 18.0 Å². The first-order chi connectivity index (χ1) is 8.18. The fourth-order valence-corrected chi connectivity index (χ4v) is 2.28. The minimum absolute atomic E-state index is 0.317. The summed E-state index contributed by atoms with van der Waals surface area (Å²) in [6.45, 7) is 3.79. The number of hydrogen-bond acceptors (Lipinski definition) is 3. The molecular weight excluding hydrogens is 216 g/mol. The van der Waals surface area contributed by atoms with Gasteiger partial charge in [0.2, 0.25) is 0 Å². The molecule has 0 bridgehead atoms. The second-order valence-corrected chi connectivity index (χ2v) is 4.55. The Balaban J connectivity index is 2.34. The van der Waals surface area contributed by atoms with Crippen LogP contribution in [0.2, 0.25) is 0 Å². The fourth-order valence-electron chi connectivity index (χ4n) is 2.28. The maximum Gasteiger partial charge on any atom is 0.339 e. The number of rotatable bonds is 2. The minimum atomic E-state index is -0.892. The lowest BCUT2D eigenvalue weighted by atomic mass is 10.2. The Morgan fingerprint density at radius 1 is 1.29 bits per heavy atom. The predicted octanol–water partition coefficient (Wildman–Crippen LogP) is 2.47. The van der Waals surface area contributed by atoms with Crippen molar-refractivity contribution in [3.05, 3.63) is 23.5 Å². The molecule has 1 aliphatic heterocycles. The average molecular weight is 234 g/mol. The van der Waals surface area contributed by atoms with E-state index in [1.165, 1.54) is 19.0 Å². The van der Waals surface area contributed by atoms with Gasteiger partial charge in [0.15, 0.2) is 0 Å². The van der Waals surface area contributed by atoms with Gasteiger partial charge < -0.3 is 10.0 Å². The Labute approximate surface area is 101 Å². The summed E-state index contributed by atoms with van der Waals surface area (Å²) in [5.74, 6) is -0.892. The zero-order valence-electron chi connectivity index (χ0n) is 10.1. The van der Waals surface area contributed by atoms with Crippen LogP contribution in [0.15, 0.2) is 12.3 Å². The molecular formula is C13H18N2O2. The Kier molecular flexibility index (Phi) is 3.61. The van der Waals surface area contributed by atoms with E-state index >= 15 is 0 Å². The van der Waals surface area contributed by atoms with E-state index in [2.05, 4.69) is 9.88 Å². The predicted molar refractivity (Wildman–Crippen MR) is 66.6 cm³/mol. The summed E-state index contributed by atoms with van der Waals surface area (Å²) in [6.07, 6.45) is 6.23. The normalized spacial score (nSPS) is 16.6. The Morgan fingerprint density at radius 3 is 2.53 bits per heavy atom. The third-order valence-corrected chi connectivity index (χ3v) is 3.20. The van der Waals surface area contributed by atoms with Crippen LogP contribution in [0.5, 0.6) is 0 Å². The van der Waals surface area contributed by atoms with Crippen LogP contribution in [0.25, 0.3) is 0 Å². The van der Waals surface area contributed by atoms with Crippen LogP contribution >= 0.6 is 0 Å². The number of aryl methyl sites for hydroxylation is 1. The van der Waals surface area contributed by atoms with Crippen molar-refractivity contribution >= 4 is 11.7 Å². The van der Waals surface area contributed by atoms with E-state index < -0.39 is 5.97 Å². The van der Waals surface area contributed by atoms with Crippen molar-refractivity contribution in [1.82, 2.24) is 4.98 Å². The van der Waals surface area contributed by atoms with Crippen LogP contribution in [0, 0.1) is 6.92 Å². The van der Waals surface area contributed by atoms with Gasteiger partial charge >= 0.3 is 5.97 Å². The highest BCUT2D eigenvalue weighted by molar-refractivity contribution is 5.94. The Bertz CT molecular complexity index is 410. The van der Waals surface area contributed by atoms with E-state index in [1.807, 2.05) is 13.0 Å². The largest absolute Gasteiger partial charge is 0.478 e. The molecule has 1 fully saturated rings. The van der Waals surface area contributed by atoms with Gasteiger partial charge in [-0.25, -0.2) is 4.79 Å². The standard InChI is InChI=1S/C13H18N2O2/c1-10-8-12(11(9-14-10)13(16)17)15-6-4-2-3-5-7-15/h8-9H,2-7H2,1H3,(H,16,17). The second-order valence-electron chi connectivity index (χ2n) is 4.55. The molecule has 0 aromatic carbocycles. The van der Waals surface area contributed by atoms with Crippen molar-refractivity contribution in [1.29, 1.82) is 0 Å². The Morgan fingerprint density at radius 2 is 1.94 bits per heavy atom. The summed E-state index contributed by atoms with van der Waals surface area (Å²) in [4.78, 5) is 17.5. The molecule has 1 aliphatic rings. The number of nitrogens with zero attached hydrogens (tertiary/aromatic N) is 2. The summed E-state index contributed by atoms with van der Waals surface area (Å²) < 4.78 is 0. The number of aromatic carboxylic acids is 1. The van der Waals surface area contributed by atoms with Gasteiger partial charge in [-0.2, -0.15) is 0 Å². The molecule has 0 aliphatic carbocycles. The molecule has 0 unspecified atom stereocenters. The van der Waals surface area contributed by atoms with E-state index in [0.29, 0.717) is 5.56 Å². The quantitative estimate of drug-likeness (QED) is 0.854. The number of carboxylic acids is 1. The highest BCUT2D eigenvalue weighted by atomic mass is 16.4. The summed E-state index contributed by atoms with van der Waals surface area (Å²) in [6, 6.07) is 1.88. The molecule has 17 heavy (non-hydrogen) atoms. The van der Waals surface area contributed by atoms with Gasteiger partial charge in [0.1, 0.15) is 5.56 Å². The van der Waals surface area contributed by atoms with Crippen LogP contribution in [-0.2, 0) is 0 Å². The van der Waals surface area contributed by atoms with Gasteiger partial charge in [-0.3, -0.25) is 4.98 Å². The smallest absolute Gasteiger partial charge is 0.339 e. The zero-order chi connectivity index (χ0) is 12.3. The molecule has 0 saturated carbocycles. The highest BCUT2D eigenvalue weighted by Crippen LogP contribution is 2.24. The molecule has 2 rings (SSSR count). The molecule has 1 saturated heterocycles. The molecule has 4 heteroatoms. The summed E-state index contributed by atoms with van der Waals surface area (Å²) in [7, 11) is 0. The monoisotopic (exact) mass is 234 g/mol. The second kappa shape index (κ2) is 5.17. The molecule has 4 nitrogen and oxygen atoms in total. The first-order valence-electron chi connectivity index (χ1n) is 6.13. The lowest BCUT2D eigenvalue weighted by molar-refractivity contribution is 0.0697. The lowest BCUT2D eigenvalue weighted by Crippen LogP contribution is -2.26. The highest BCUT2D eigenvalue weighted by Gasteiger charge is 2.17. The first-order valence-corrected chi connectivity index (χ1v) is 6.13. The van der Waals surface area contributed by atoms with Crippen molar-refractivity contribution in [2.45, 2.75) is 32.6 Å². The van der Waals surface area contributed by atoms with Gasteiger partial charge in [0, 0.05) is 25.0 Å². The van der Waals surface area contributed by atoms with Gasteiger partial charge in [0.25, 0.3) is 0 Å². The van der Waals surface area contributed by atoms with E-state index in [9.17, 15) is 9.90 Å². The third-order valence-electron chi connectivity index (χ3n) is 3.20. The summed E-state index contributed by atoms with van der Waals surface area (Å²) in [5.41, 5.74) is 2.01. The van der Waals surface area contributed by atoms with Crippen molar-refractivity contribution in [3.8, 4) is 0 Å². The number of carboxylic acid groups (broad SMARTS) is 1. The van der Waals surface area contributed by atoms with Gasteiger partial charge in [-0.15, -0.1) is 0 Å². The molecule has 0 radical (unpaired) electrons. The number of carbonyl (C=O) groups is 1. The van der Waals surface area contributed by atoms with Crippen molar-refractivity contribution in [3.63, 3.8) is 0 Å². The average Bonchev–Trinajstić information content (AvgIpc) is 2.56. The van der Waals surface area contributed by atoms with E-state index in [-0.39, 0.29) is 0 Å². The molecule has 0 atom stereocenters. The fraction of sp³-hybridized carbons (Fsp3) is 0.538. The summed E-state index contributed by atoms with van der Waals surface area (Å²) in [5, 5.41) is 9.19. The van der Waals surface area contributed by atoms with Crippen LogP contribution in [0.1, 0.15) is 41.7 Å². The van der Waals surface area contributed by atoms with Crippen LogP contribution in [0.4, 0.5) is 5.69 Å². The number of anilines is 1. The van der Waals surface area contributed by atoms with Crippen molar-refractivity contribution < 1.29 is 9.90 Å². The third kappa shape index (κ3) is 2.75. The topological polar surface area (TPSA) is 53.4 Å². The summed E-state index contributed by atoms with van der Waals surface area (Å²) >= 11 is 0. The van der Waals surface area contributed by atoms with Gasteiger partial charge in [-0.05, 0) is 25.8 Å². The maximum atomic E-state index is 11.2. The molecule has 0 spiro atoms. The molecule has 1 N–H and O–H groups in total. The molecule has 92 valence electrons.